The van der Waals surface area contributed by atoms with Crippen LogP contribution in [0.2, 0.25) is 0 Å². The number of hydrogen-bond acceptors (Lipinski definition) is 1. The van der Waals surface area contributed by atoms with E-state index in [0.29, 0.717) is 0 Å². The van der Waals surface area contributed by atoms with Crippen LogP contribution in [0.25, 0.3) is 22.3 Å². The average molecular weight is 282 g/mol. The Morgan fingerprint density at radius 3 is 1.70 bits per heavy atom. The van der Waals surface area contributed by atoms with Gasteiger partial charge in [0.05, 0.1) is 0 Å². The highest BCUT2D eigenvalue weighted by atomic mass is 35.5. The van der Waals surface area contributed by atoms with Gasteiger partial charge in [-0.15, -0.1) is 12.4 Å². The maximum Gasteiger partial charge on any atom is 0.0394 e. The van der Waals surface area contributed by atoms with E-state index in [0.717, 1.165) is 16.8 Å². The summed E-state index contributed by atoms with van der Waals surface area (Å²) >= 11 is 0. The van der Waals surface area contributed by atoms with Crippen LogP contribution in [-0.2, 0) is 0 Å². The van der Waals surface area contributed by atoms with E-state index >= 15 is 0 Å². The summed E-state index contributed by atoms with van der Waals surface area (Å²) in [7, 11) is 0. The number of nitrogen functional groups attached to an aromatic ring is 1. The third-order valence-electron chi connectivity index (χ3n) is 3.25. The molecule has 3 rings (SSSR count). The topological polar surface area (TPSA) is 26.0 Å². The molecule has 0 radical (unpaired) electrons. The fourth-order valence-electron chi connectivity index (χ4n) is 2.23. The van der Waals surface area contributed by atoms with Crippen molar-refractivity contribution < 1.29 is 0 Å². The first-order chi connectivity index (χ1) is 9.34. The van der Waals surface area contributed by atoms with Gasteiger partial charge >= 0.3 is 0 Å². The van der Waals surface area contributed by atoms with Crippen molar-refractivity contribution >= 4 is 18.1 Å². The molecule has 0 aliphatic heterocycles. The van der Waals surface area contributed by atoms with Crippen molar-refractivity contribution in [2.75, 3.05) is 5.73 Å². The van der Waals surface area contributed by atoms with Crippen molar-refractivity contribution in [1.29, 1.82) is 0 Å². The van der Waals surface area contributed by atoms with E-state index in [9.17, 15) is 0 Å². The number of nitrogens with two attached hydrogens (primary N) is 1. The Hall–Kier alpha value is -2.25. The summed E-state index contributed by atoms with van der Waals surface area (Å²) in [6.07, 6.45) is 0. The Labute approximate surface area is 125 Å². The van der Waals surface area contributed by atoms with E-state index in [4.69, 9.17) is 5.73 Å². The number of hydrogen-bond donors (Lipinski definition) is 1. The summed E-state index contributed by atoms with van der Waals surface area (Å²) in [6, 6.07) is 26.8. The average Bonchev–Trinajstić information content (AvgIpc) is 2.49. The Kier molecular flexibility index (Phi) is 4.44. The molecule has 0 saturated carbocycles. The fourth-order valence-corrected chi connectivity index (χ4v) is 2.23. The summed E-state index contributed by atoms with van der Waals surface area (Å²) in [5, 5.41) is 0. The van der Waals surface area contributed by atoms with Crippen LogP contribution >= 0.6 is 12.4 Å². The Balaban J connectivity index is 0.00000147. The summed E-state index contributed by atoms with van der Waals surface area (Å²) in [5.41, 5.74) is 11.5. The second kappa shape index (κ2) is 6.27. The standard InChI is InChI=1S/C18H15N.ClH/c19-18-12-11-16(14-7-3-1-4-8-14)13-17(18)15-9-5-2-6-10-15;/h1-13H,19H2;1H. The third kappa shape index (κ3) is 2.84. The highest BCUT2D eigenvalue weighted by Gasteiger charge is 2.04. The minimum atomic E-state index is 0. The van der Waals surface area contributed by atoms with Gasteiger partial charge in [0.2, 0.25) is 0 Å². The molecule has 100 valence electrons. The molecule has 0 unspecified atom stereocenters. The predicted octanol–water partition coefficient (Wildman–Crippen LogP) is 5.02. The molecule has 2 N–H and O–H groups in total. The van der Waals surface area contributed by atoms with Crippen LogP contribution in [0, 0.1) is 0 Å². The molecule has 0 atom stereocenters. The van der Waals surface area contributed by atoms with Crippen molar-refractivity contribution in [2.24, 2.45) is 0 Å². The van der Waals surface area contributed by atoms with E-state index in [-0.39, 0.29) is 12.4 Å². The molecule has 0 aliphatic carbocycles. The second-order valence-corrected chi connectivity index (χ2v) is 4.53. The molecule has 0 bridgehead atoms. The van der Waals surface area contributed by atoms with Crippen molar-refractivity contribution in [2.45, 2.75) is 0 Å². The molecule has 0 amide bonds. The molecule has 0 saturated heterocycles. The molecule has 0 spiro atoms. The van der Waals surface area contributed by atoms with Gasteiger partial charge in [0.1, 0.15) is 0 Å². The summed E-state index contributed by atoms with van der Waals surface area (Å²) in [4.78, 5) is 0. The number of benzene rings is 3. The molecule has 20 heavy (non-hydrogen) atoms. The second-order valence-electron chi connectivity index (χ2n) is 4.53. The van der Waals surface area contributed by atoms with E-state index < -0.39 is 0 Å². The monoisotopic (exact) mass is 281 g/mol. The molecule has 0 aliphatic rings. The zero-order chi connectivity index (χ0) is 13.1. The minimum absolute atomic E-state index is 0. The zero-order valence-corrected chi connectivity index (χ0v) is 11.8. The smallest absolute Gasteiger partial charge is 0.0394 e. The molecule has 3 aromatic carbocycles. The summed E-state index contributed by atoms with van der Waals surface area (Å²) in [5.74, 6) is 0. The molecule has 3 aromatic rings. The number of halogens is 1. The molecular formula is C18H16ClN. The molecule has 0 fully saturated rings. The Morgan fingerprint density at radius 2 is 1.10 bits per heavy atom. The summed E-state index contributed by atoms with van der Waals surface area (Å²) in [6.45, 7) is 0. The molecule has 0 aromatic heterocycles. The van der Waals surface area contributed by atoms with Gasteiger partial charge in [0.25, 0.3) is 0 Å². The van der Waals surface area contributed by atoms with Crippen LogP contribution in [0.1, 0.15) is 0 Å². The van der Waals surface area contributed by atoms with Gasteiger partial charge in [0.15, 0.2) is 0 Å². The van der Waals surface area contributed by atoms with E-state index in [1.807, 2.05) is 42.5 Å². The van der Waals surface area contributed by atoms with Crippen LogP contribution < -0.4 is 5.73 Å². The maximum atomic E-state index is 6.10. The summed E-state index contributed by atoms with van der Waals surface area (Å²) < 4.78 is 0. The van der Waals surface area contributed by atoms with Crippen molar-refractivity contribution in [1.82, 2.24) is 0 Å². The van der Waals surface area contributed by atoms with Gasteiger partial charge in [-0.2, -0.15) is 0 Å². The fraction of sp³-hybridized carbons (Fsp3) is 0. The molecule has 1 nitrogen and oxygen atoms in total. The van der Waals surface area contributed by atoms with E-state index in [2.05, 4.69) is 36.4 Å². The van der Waals surface area contributed by atoms with Gasteiger partial charge in [0, 0.05) is 11.3 Å². The van der Waals surface area contributed by atoms with Crippen LogP contribution in [0.3, 0.4) is 0 Å². The van der Waals surface area contributed by atoms with Gasteiger partial charge in [-0.25, -0.2) is 0 Å². The van der Waals surface area contributed by atoms with E-state index in [1.54, 1.807) is 0 Å². The first kappa shape index (κ1) is 14.2. The number of rotatable bonds is 2. The maximum absolute atomic E-state index is 6.10. The van der Waals surface area contributed by atoms with Crippen LogP contribution in [-0.4, -0.2) is 0 Å². The third-order valence-corrected chi connectivity index (χ3v) is 3.25. The quantitative estimate of drug-likeness (QED) is 0.656. The SMILES string of the molecule is Cl.Nc1ccc(-c2ccccc2)cc1-c1ccccc1. The Morgan fingerprint density at radius 1 is 0.550 bits per heavy atom. The van der Waals surface area contributed by atoms with Crippen molar-refractivity contribution in [3.05, 3.63) is 78.9 Å². The number of anilines is 1. The van der Waals surface area contributed by atoms with Gasteiger partial charge in [-0.1, -0.05) is 66.7 Å². The normalized spacial score (nSPS) is 9.80. The first-order valence-electron chi connectivity index (χ1n) is 6.35. The van der Waals surface area contributed by atoms with Crippen LogP contribution in [0.15, 0.2) is 78.9 Å². The van der Waals surface area contributed by atoms with Gasteiger partial charge in [-0.05, 0) is 28.8 Å². The molecule has 0 heterocycles. The van der Waals surface area contributed by atoms with Crippen LogP contribution in [0.4, 0.5) is 5.69 Å². The first-order valence-corrected chi connectivity index (χ1v) is 6.35. The largest absolute Gasteiger partial charge is 0.398 e. The lowest BCUT2D eigenvalue weighted by Crippen LogP contribution is -1.90. The molecule has 2 heteroatoms. The lowest BCUT2D eigenvalue weighted by molar-refractivity contribution is 1.58. The predicted molar refractivity (Wildman–Crippen MR) is 89.0 cm³/mol. The van der Waals surface area contributed by atoms with Gasteiger partial charge < -0.3 is 5.73 Å². The minimum Gasteiger partial charge on any atom is -0.398 e. The lowest BCUT2D eigenvalue weighted by atomic mass is 9.98. The zero-order valence-electron chi connectivity index (χ0n) is 11.0. The van der Waals surface area contributed by atoms with Crippen molar-refractivity contribution in [3.63, 3.8) is 0 Å². The van der Waals surface area contributed by atoms with Gasteiger partial charge in [-0.3, -0.25) is 0 Å². The highest BCUT2D eigenvalue weighted by Crippen LogP contribution is 2.30. The Bertz CT molecular complexity index is 678. The van der Waals surface area contributed by atoms with Crippen molar-refractivity contribution in [3.8, 4) is 22.3 Å². The van der Waals surface area contributed by atoms with E-state index in [1.165, 1.54) is 11.1 Å². The molecular weight excluding hydrogens is 266 g/mol. The lowest BCUT2D eigenvalue weighted by Gasteiger charge is -2.09. The highest BCUT2D eigenvalue weighted by molar-refractivity contribution is 5.85. The van der Waals surface area contributed by atoms with Crippen LogP contribution in [0.5, 0.6) is 0 Å².